The highest BCUT2D eigenvalue weighted by molar-refractivity contribution is 6.10. The molecule has 0 spiro atoms. The Kier molecular flexibility index (Phi) is 8.52. The molecule has 0 fully saturated rings. The Morgan fingerprint density at radius 2 is 1.84 bits per heavy atom. The van der Waals surface area contributed by atoms with E-state index in [1.807, 2.05) is 0 Å². The number of anilines is 1. The van der Waals surface area contributed by atoms with Gasteiger partial charge in [0.15, 0.2) is 11.5 Å². The summed E-state index contributed by atoms with van der Waals surface area (Å²) in [7, 11) is 0. The van der Waals surface area contributed by atoms with Crippen molar-refractivity contribution >= 4 is 23.6 Å². The van der Waals surface area contributed by atoms with Crippen molar-refractivity contribution in [3.05, 3.63) is 59.2 Å². The molecule has 0 aliphatic rings. The second-order valence-electron chi connectivity index (χ2n) is 5.91. The second-order valence-corrected chi connectivity index (χ2v) is 5.91. The van der Waals surface area contributed by atoms with E-state index in [0.717, 1.165) is 6.08 Å². The van der Waals surface area contributed by atoms with Crippen molar-refractivity contribution in [3.8, 4) is 17.6 Å². The van der Waals surface area contributed by atoms with Gasteiger partial charge in [-0.15, -0.1) is 0 Å². The van der Waals surface area contributed by atoms with Gasteiger partial charge in [-0.25, -0.2) is 4.79 Å². The average Bonchev–Trinajstić information content (AvgIpc) is 2.74. The molecular formula is C22H20F2N2O5. The summed E-state index contributed by atoms with van der Waals surface area (Å²) in [5.74, 6) is -1.49. The summed E-state index contributed by atoms with van der Waals surface area (Å²) >= 11 is 0. The molecule has 0 heterocycles. The summed E-state index contributed by atoms with van der Waals surface area (Å²) in [5.41, 5.74) is 0.363. The van der Waals surface area contributed by atoms with Gasteiger partial charge in [0, 0.05) is 11.3 Å². The molecule has 0 saturated carbocycles. The maximum Gasteiger partial charge on any atom is 0.387 e. The third kappa shape index (κ3) is 6.54. The number of alkyl halides is 2. The minimum atomic E-state index is -3.12. The van der Waals surface area contributed by atoms with E-state index in [-0.39, 0.29) is 35.8 Å². The zero-order valence-corrected chi connectivity index (χ0v) is 16.9. The van der Waals surface area contributed by atoms with Crippen LogP contribution in [0.2, 0.25) is 0 Å². The molecule has 9 heteroatoms. The Hall–Kier alpha value is -3.93. The summed E-state index contributed by atoms with van der Waals surface area (Å²) in [4.78, 5) is 24.2. The van der Waals surface area contributed by atoms with Gasteiger partial charge in [-0.2, -0.15) is 14.0 Å². The predicted octanol–water partition coefficient (Wildman–Crippen LogP) is 4.41. The van der Waals surface area contributed by atoms with Crippen molar-refractivity contribution in [3.63, 3.8) is 0 Å². The van der Waals surface area contributed by atoms with Gasteiger partial charge in [-0.05, 0) is 50.3 Å². The number of nitrogens with zero attached hydrogens (tertiary/aromatic N) is 1. The van der Waals surface area contributed by atoms with Gasteiger partial charge in [0.2, 0.25) is 0 Å². The van der Waals surface area contributed by atoms with E-state index < -0.39 is 18.5 Å². The van der Waals surface area contributed by atoms with Crippen molar-refractivity contribution in [1.82, 2.24) is 0 Å². The average molecular weight is 430 g/mol. The number of nitriles is 1. The number of rotatable bonds is 9. The lowest BCUT2D eigenvalue weighted by molar-refractivity contribution is -0.112. The molecule has 0 bridgehead atoms. The van der Waals surface area contributed by atoms with Gasteiger partial charge in [-0.1, -0.05) is 12.1 Å². The second kappa shape index (κ2) is 11.3. The van der Waals surface area contributed by atoms with Crippen LogP contribution in [-0.2, 0) is 9.53 Å². The quantitative estimate of drug-likeness (QED) is 0.360. The Morgan fingerprint density at radius 3 is 2.42 bits per heavy atom. The van der Waals surface area contributed by atoms with E-state index in [2.05, 4.69) is 10.1 Å². The molecule has 2 aromatic carbocycles. The van der Waals surface area contributed by atoms with Crippen LogP contribution in [0.25, 0.3) is 6.08 Å². The standard InChI is InChI=1S/C22H20F2N2O5/c1-3-29-18-7-5-6-15(19(18)31-22(23)24)12-16(13-25)20(27)26-17-10-8-14(9-11-17)21(28)30-4-2/h5-12,22H,3-4H2,1-2H3,(H,26,27)/b16-12+. The zero-order chi connectivity index (χ0) is 22.8. The first-order valence-electron chi connectivity index (χ1n) is 9.30. The molecule has 0 unspecified atom stereocenters. The molecule has 1 amide bonds. The summed E-state index contributed by atoms with van der Waals surface area (Å²) < 4.78 is 40.4. The number of halogens is 2. The molecule has 0 saturated heterocycles. The van der Waals surface area contributed by atoms with Crippen LogP contribution in [0.3, 0.4) is 0 Å². The van der Waals surface area contributed by atoms with E-state index in [1.165, 1.54) is 42.5 Å². The van der Waals surface area contributed by atoms with Crippen LogP contribution in [-0.4, -0.2) is 31.7 Å². The van der Waals surface area contributed by atoms with E-state index in [4.69, 9.17) is 9.47 Å². The third-order valence-electron chi connectivity index (χ3n) is 3.83. The van der Waals surface area contributed by atoms with E-state index in [0.29, 0.717) is 11.3 Å². The Bertz CT molecular complexity index is 998. The molecule has 0 radical (unpaired) electrons. The SMILES string of the molecule is CCOC(=O)c1ccc(NC(=O)/C(C#N)=C/c2cccc(OCC)c2OC(F)F)cc1. The third-order valence-corrected chi connectivity index (χ3v) is 3.83. The number of hydrogen-bond donors (Lipinski definition) is 1. The lowest BCUT2D eigenvalue weighted by Gasteiger charge is -2.14. The van der Waals surface area contributed by atoms with Crippen LogP contribution in [0.15, 0.2) is 48.0 Å². The van der Waals surface area contributed by atoms with E-state index >= 15 is 0 Å². The fraction of sp³-hybridized carbons (Fsp3) is 0.227. The topological polar surface area (TPSA) is 97.7 Å². The van der Waals surface area contributed by atoms with Crippen LogP contribution in [0.5, 0.6) is 11.5 Å². The molecule has 0 aliphatic heterocycles. The molecule has 2 rings (SSSR count). The molecule has 1 N–H and O–H groups in total. The number of amides is 1. The fourth-order valence-corrected chi connectivity index (χ4v) is 2.54. The van der Waals surface area contributed by atoms with Gasteiger partial charge in [0.1, 0.15) is 11.6 Å². The molecule has 2 aromatic rings. The highest BCUT2D eigenvalue weighted by Crippen LogP contribution is 2.34. The van der Waals surface area contributed by atoms with E-state index in [1.54, 1.807) is 19.9 Å². The number of benzene rings is 2. The van der Waals surface area contributed by atoms with Crippen LogP contribution in [0, 0.1) is 11.3 Å². The lowest BCUT2D eigenvalue weighted by atomic mass is 10.1. The van der Waals surface area contributed by atoms with Crippen LogP contribution >= 0.6 is 0 Å². The predicted molar refractivity (Wildman–Crippen MR) is 109 cm³/mol. The number of nitrogens with one attached hydrogen (secondary N) is 1. The van der Waals surface area contributed by atoms with Gasteiger partial charge in [-0.3, -0.25) is 4.79 Å². The lowest BCUT2D eigenvalue weighted by Crippen LogP contribution is -2.14. The number of carbonyl (C=O) groups is 2. The molecule has 0 aliphatic carbocycles. The summed E-state index contributed by atoms with van der Waals surface area (Å²) in [6.07, 6.45) is 1.13. The largest absolute Gasteiger partial charge is 0.490 e. The number of para-hydroxylation sites is 1. The van der Waals surface area contributed by atoms with Crippen molar-refractivity contribution in [1.29, 1.82) is 5.26 Å². The first kappa shape index (κ1) is 23.3. The molecule has 162 valence electrons. The highest BCUT2D eigenvalue weighted by atomic mass is 19.3. The number of esters is 1. The first-order valence-corrected chi connectivity index (χ1v) is 9.30. The Labute approximate surface area is 177 Å². The highest BCUT2D eigenvalue weighted by Gasteiger charge is 2.17. The van der Waals surface area contributed by atoms with Crippen molar-refractivity contribution < 1.29 is 32.6 Å². The van der Waals surface area contributed by atoms with Crippen LogP contribution in [0.1, 0.15) is 29.8 Å². The summed E-state index contributed by atoms with van der Waals surface area (Å²) in [6, 6.07) is 12.0. The number of hydrogen-bond acceptors (Lipinski definition) is 6. The zero-order valence-electron chi connectivity index (χ0n) is 16.9. The smallest absolute Gasteiger partial charge is 0.387 e. The normalized spacial score (nSPS) is 10.9. The van der Waals surface area contributed by atoms with Gasteiger partial charge in [0.05, 0.1) is 18.8 Å². The summed E-state index contributed by atoms with van der Waals surface area (Å²) in [5, 5.41) is 11.9. The monoisotopic (exact) mass is 430 g/mol. The van der Waals surface area contributed by atoms with Crippen LogP contribution in [0.4, 0.5) is 14.5 Å². The maximum absolute atomic E-state index is 12.8. The number of carbonyl (C=O) groups excluding carboxylic acids is 2. The van der Waals surface area contributed by atoms with Crippen molar-refractivity contribution in [2.24, 2.45) is 0 Å². The molecule has 31 heavy (non-hydrogen) atoms. The molecule has 7 nitrogen and oxygen atoms in total. The van der Waals surface area contributed by atoms with Crippen molar-refractivity contribution in [2.75, 3.05) is 18.5 Å². The number of ether oxygens (including phenoxy) is 3. The molecule has 0 atom stereocenters. The first-order chi connectivity index (χ1) is 14.9. The minimum Gasteiger partial charge on any atom is -0.490 e. The molecular weight excluding hydrogens is 410 g/mol. The van der Waals surface area contributed by atoms with Crippen LogP contribution < -0.4 is 14.8 Å². The van der Waals surface area contributed by atoms with Gasteiger partial charge < -0.3 is 19.5 Å². The van der Waals surface area contributed by atoms with Gasteiger partial charge in [0.25, 0.3) is 5.91 Å². The summed E-state index contributed by atoms with van der Waals surface area (Å²) in [6.45, 7) is 0.682. The van der Waals surface area contributed by atoms with E-state index in [9.17, 15) is 23.6 Å². The Morgan fingerprint density at radius 1 is 1.13 bits per heavy atom. The Balaban J connectivity index is 2.27. The minimum absolute atomic E-state index is 0.0591. The van der Waals surface area contributed by atoms with Crippen molar-refractivity contribution in [2.45, 2.75) is 20.5 Å². The fourth-order valence-electron chi connectivity index (χ4n) is 2.54. The van der Waals surface area contributed by atoms with Gasteiger partial charge >= 0.3 is 12.6 Å². The molecule has 0 aromatic heterocycles. The maximum atomic E-state index is 12.8.